The van der Waals surface area contributed by atoms with Gasteiger partial charge in [-0.1, -0.05) is 63.3 Å². The summed E-state index contributed by atoms with van der Waals surface area (Å²) in [4.78, 5) is 0. The highest BCUT2D eigenvalue weighted by Gasteiger charge is 2.16. The fraction of sp³-hybridized carbons (Fsp3) is 0.667. The van der Waals surface area contributed by atoms with Crippen molar-refractivity contribution >= 4 is 0 Å². The SMILES string of the molecule is CCCCC(CC)CC(NC)c1ccc(C)cc1C. The van der Waals surface area contributed by atoms with E-state index in [4.69, 9.17) is 0 Å². The van der Waals surface area contributed by atoms with Gasteiger partial charge in [-0.25, -0.2) is 0 Å². The summed E-state index contributed by atoms with van der Waals surface area (Å²) in [5, 5.41) is 3.52. The van der Waals surface area contributed by atoms with Crippen molar-refractivity contribution in [3.8, 4) is 0 Å². The lowest BCUT2D eigenvalue weighted by Crippen LogP contribution is -2.20. The van der Waals surface area contributed by atoms with Crippen molar-refractivity contribution in [3.63, 3.8) is 0 Å². The van der Waals surface area contributed by atoms with Gasteiger partial charge in [0, 0.05) is 6.04 Å². The van der Waals surface area contributed by atoms with Gasteiger partial charge < -0.3 is 5.32 Å². The molecule has 0 aromatic heterocycles. The predicted octanol–water partition coefficient (Wildman–Crippen LogP) is 5.17. The van der Waals surface area contributed by atoms with Crippen molar-refractivity contribution in [2.75, 3.05) is 7.05 Å². The van der Waals surface area contributed by atoms with Crippen LogP contribution in [0.1, 0.15) is 68.7 Å². The van der Waals surface area contributed by atoms with Gasteiger partial charge in [-0.2, -0.15) is 0 Å². The Morgan fingerprint density at radius 3 is 2.42 bits per heavy atom. The molecule has 1 heteroatoms. The van der Waals surface area contributed by atoms with Crippen molar-refractivity contribution in [1.29, 1.82) is 0 Å². The molecule has 0 saturated heterocycles. The molecule has 1 N–H and O–H groups in total. The van der Waals surface area contributed by atoms with Crippen LogP contribution >= 0.6 is 0 Å². The standard InChI is InChI=1S/C18H31N/c1-6-8-9-16(7-2)13-18(19-5)17-11-10-14(3)12-15(17)4/h10-12,16,18-19H,6-9,13H2,1-5H3. The number of aryl methyl sites for hydroxylation is 2. The van der Waals surface area contributed by atoms with Crippen LogP contribution in [0.5, 0.6) is 0 Å². The van der Waals surface area contributed by atoms with E-state index in [0.717, 1.165) is 5.92 Å². The molecule has 2 atom stereocenters. The molecular formula is C18H31N. The molecule has 1 nitrogen and oxygen atoms in total. The molecule has 0 aliphatic heterocycles. The Morgan fingerprint density at radius 1 is 1.16 bits per heavy atom. The van der Waals surface area contributed by atoms with Crippen LogP contribution in [-0.2, 0) is 0 Å². The summed E-state index contributed by atoms with van der Waals surface area (Å²) in [6.07, 6.45) is 6.60. The van der Waals surface area contributed by atoms with Gasteiger partial charge in [-0.3, -0.25) is 0 Å². The van der Waals surface area contributed by atoms with Crippen LogP contribution in [0.2, 0.25) is 0 Å². The molecule has 2 unspecified atom stereocenters. The smallest absolute Gasteiger partial charge is 0.0322 e. The lowest BCUT2D eigenvalue weighted by atomic mass is 9.87. The van der Waals surface area contributed by atoms with E-state index in [0.29, 0.717) is 6.04 Å². The molecule has 1 aromatic carbocycles. The first-order chi connectivity index (χ1) is 9.12. The molecule has 1 rings (SSSR count). The highest BCUT2D eigenvalue weighted by molar-refractivity contribution is 5.32. The minimum absolute atomic E-state index is 0.502. The summed E-state index contributed by atoms with van der Waals surface area (Å²) in [6, 6.07) is 7.34. The van der Waals surface area contributed by atoms with Crippen LogP contribution in [0.25, 0.3) is 0 Å². The molecule has 0 radical (unpaired) electrons. The number of nitrogens with one attached hydrogen (secondary N) is 1. The molecule has 0 bridgehead atoms. The molecule has 0 spiro atoms. The van der Waals surface area contributed by atoms with Crippen LogP contribution < -0.4 is 5.32 Å². The lowest BCUT2D eigenvalue weighted by molar-refractivity contribution is 0.364. The number of unbranched alkanes of at least 4 members (excludes halogenated alkanes) is 1. The van der Waals surface area contributed by atoms with Crippen LogP contribution in [-0.4, -0.2) is 7.05 Å². The second kappa shape index (κ2) is 8.37. The Morgan fingerprint density at radius 2 is 1.89 bits per heavy atom. The lowest BCUT2D eigenvalue weighted by Gasteiger charge is -2.24. The predicted molar refractivity (Wildman–Crippen MR) is 85.6 cm³/mol. The molecule has 0 aliphatic carbocycles. The third kappa shape index (κ3) is 4.99. The molecular weight excluding hydrogens is 230 g/mol. The van der Waals surface area contributed by atoms with Gasteiger partial charge in [0.05, 0.1) is 0 Å². The number of hydrogen-bond donors (Lipinski definition) is 1. The number of benzene rings is 1. The number of hydrogen-bond acceptors (Lipinski definition) is 1. The first-order valence-corrected chi connectivity index (χ1v) is 7.86. The average Bonchev–Trinajstić information content (AvgIpc) is 2.40. The van der Waals surface area contributed by atoms with E-state index in [9.17, 15) is 0 Å². The monoisotopic (exact) mass is 261 g/mol. The van der Waals surface area contributed by atoms with Gasteiger partial charge in [-0.05, 0) is 44.4 Å². The van der Waals surface area contributed by atoms with Gasteiger partial charge >= 0.3 is 0 Å². The Hall–Kier alpha value is -0.820. The summed E-state index contributed by atoms with van der Waals surface area (Å²) < 4.78 is 0. The maximum Gasteiger partial charge on any atom is 0.0322 e. The third-order valence-corrected chi connectivity index (χ3v) is 4.26. The second-order valence-corrected chi connectivity index (χ2v) is 5.85. The Labute approximate surface area is 119 Å². The van der Waals surface area contributed by atoms with Gasteiger partial charge in [0.25, 0.3) is 0 Å². The number of rotatable bonds is 8. The van der Waals surface area contributed by atoms with E-state index in [-0.39, 0.29) is 0 Å². The zero-order chi connectivity index (χ0) is 14.3. The highest BCUT2D eigenvalue weighted by atomic mass is 14.9. The van der Waals surface area contributed by atoms with Gasteiger partial charge in [0.1, 0.15) is 0 Å². The zero-order valence-electron chi connectivity index (χ0n) is 13.4. The van der Waals surface area contributed by atoms with Crippen LogP contribution in [0.3, 0.4) is 0 Å². The van der Waals surface area contributed by atoms with E-state index in [1.807, 2.05) is 0 Å². The highest BCUT2D eigenvalue weighted by Crippen LogP contribution is 2.28. The molecule has 108 valence electrons. The fourth-order valence-corrected chi connectivity index (χ4v) is 2.93. The second-order valence-electron chi connectivity index (χ2n) is 5.85. The van der Waals surface area contributed by atoms with Crippen molar-refractivity contribution in [1.82, 2.24) is 5.32 Å². The van der Waals surface area contributed by atoms with E-state index in [1.54, 1.807) is 0 Å². The maximum absolute atomic E-state index is 3.52. The van der Waals surface area contributed by atoms with Crippen molar-refractivity contribution in [2.24, 2.45) is 5.92 Å². The quantitative estimate of drug-likeness (QED) is 0.680. The van der Waals surface area contributed by atoms with Crippen molar-refractivity contribution in [2.45, 2.75) is 65.8 Å². The summed E-state index contributed by atoms with van der Waals surface area (Å²) in [7, 11) is 2.09. The average molecular weight is 261 g/mol. The summed E-state index contributed by atoms with van der Waals surface area (Å²) in [6.45, 7) is 9.02. The summed E-state index contributed by atoms with van der Waals surface area (Å²) in [5.41, 5.74) is 4.25. The third-order valence-electron chi connectivity index (χ3n) is 4.26. The van der Waals surface area contributed by atoms with Crippen molar-refractivity contribution < 1.29 is 0 Å². The maximum atomic E-state index is 3.52. The molecule has 0 saturated carbocycles. The van der Waals surface area contributed by atoms with E-state index >= 15 is 0 Å². The summed E-state index contributed by atoms with van der Waals surface area (Å²) in [5.74, 6) is 0.845. The van der Waals surface area contributed by atoms with E-state index in [2.05, 4.69) is 58.3 Å². The molecule has 0 heterocycles. The fourth-order valence-electron chi connectivity index (χ4n) is 2.93. The van der Waals surface area contributed by atoms with Gasteiger partial charge in [-0.15, -0.1) is 0 Å². The minimum Gasteiger partial charge on any atom is -0.313 e. The zero-order valence-corrected chi connectivity index (χ0v) is 13.4. The topological polar surface area (TPSA) is 12.0 Å². The molecule has 19 heavy (non-hydrogen) atoms. The molecule has 0 amide bonds. The van der Waals surface area contributed by atoms with E-state index < -0.39 is 0 Å². The Kier molecular flexibility index (Phi) is 7.15. The van der Waals surface area contributed by atoms with E-state index in [1.165, 1.54) is 48.8 Å². The molecule has 0 aliphatic rings. The summed E-state index contributed by atoms with van der Waals surface area (Å²) >= 11 is 0. The van der Waals surface area contributed by atoms with Crippen LogP contribution in [0.15, 0.2) is 18.2 Å². The van der Waals surface area contributed by atoms with Gasteiger partial charge in [0.15, 0.2) is 0 Å². The van der Waals surface area contributed by atoms with Crippen molar-refractivity contribution in [3.05, 3.63) is 34.9 Å². The van der Waals surface area contributed by atoms with Crippen LogP contribution in [0, 0.1) is 19.8 Å². The minimum atomic E-state index is 0.502. The Balaban J connectivity index is 2.76. The normalized spacial score (nSPS) is 14.4. The first-order valence-electron chi connectivity index (χ1n) is 7.86. The Bertz CT molecular complexity index is 370. The first kappa shape index (κ1) is 16.2. The van der Waals surface area contributed by atoms with Gasteiger partial charge in [0.2, 0.25) is 0 Å². The molecule has 1 aromatic rings. The largest absolute Gasteiger partial charge is 0.313 e. The van der Waals surface area contributed by atoms with Crippen LogP contribution in [0.4, 0.5) is 0 Å². The molecule has 0 fully saturated rings.